The zero-order chi connectivity index (χ0) is 22.1. The van der Waals surface area contributed by atoms with Crippen molar-refractivity contribution in [2.24, 2.45) is 5.73 Å². The molecule has 4 heterocycles. The van der Waals surface area contributed by atoms with Gasteiger partial charge in [-0.1, -0.05) is 30.2 Å². The van der Waals surface area contributed by atoms with Crippen molar-refractivity contribution in [2.45, 2.75) is 38.9 Å². The lowest BCUT2D eigenvalue weighted by atomic mass is 10.1. The van der Waals surface area contributed by atoms with E-state index in [1.807, 2.05) is 41.1 Å². The molecule has 0 bridgehead atoms. The van der Waals surface area contributed by atoms with E-state index in [0.29, 0.717) is 24.1 Å². The minimum absolute atomic E-state index is 0.100. The Hall–Kier alpha value is -3.70. The second kappa shape index (κ2) is 8.44. The van der Waals surface area contributed by atoms with E-state index in [1.54, 1.807) is 13.1 Å². The number of piperidine rings is 1. The van der Waals surface area contributed by atoms with Gasteiger partial charge in [0, 0.05) is 30.7 Å². The number of nitrogens with two attached hydrogens (primary N) is 1. The third kappa shape index (κ3) is 3.72. The number of aromatic nitrogens is 5. The average molecular weight is 428 g/mol. The smallest absolute Gasteiger partial charge is 0.293 e. The molecule has 0 spiro atoms. The van der Waals surface area contributed by atoms with Crippen LogP contribution in [-0.2, 0) is 13.1 Å². The summed E-state index contributed by atoms with van der Waals surface area (Å²) in [4.78, 5) is 24.9. The molecule has 5 rings (SSSR count). The lowest BCUT2D eigenvalue weighted by Gasteiger charge is -2.31. The number of imidazole rings is 1. The number of fused-ring (bicyclic) bond motifs is 2. The molecule has 1 aliphatic heterocycles. The normalized spacial score (nSPS) is 16.3. The van der Waals surface area contributed by atoms with Gasteiger partial charge in [-0.25, -0.2) is 9.67 Å². The largest absolute Gasteiger partial charge is 0.341 e. The molecule has 2 N–H and O–H groups in total. The van der Waals surface area contributed by atoms with E-state index in [1.165, 1.54) is 4.68 Å². The second-order valence-electron chi connectivity index (χ2n) is 8.14. The molecule has 3 aromatic heterocycles. The monoisotopic (exact) mass is 427 g/mol. The minimum Gasteiger partial charge on any atom is -0.341 e. The molecule has 1 aliphatic rings. The molecule has 32 heavy (non-hydrogen) atoms. The molecule has 0 radical (unpaired) electrons. The molecule has 0 aliphatic carbocycles. The fourth-order valence-electron chi connectivity index (χ4n) is 4.30. The summed E-state index contributed by atoms with van der Waals surface area (Å²) >= 11 is 0. The Balaban J connectivity index is 1.58. The molecule has 1 fully saturated rings. The number of benzene rings is 1. The number of pyridine rings is 1. The number of rotatable bonds is 4. The first-order chi connectivity index (χ1) is 15.6. The molecular weight excluding hydrogens is 402 g/mol. The SMILES string of the molecule is CC#CCn1c(N2CCCC(N)C2)nc2cnn(Cc3cc4ccccc4cn3)c(=O)c21. The minimum atomic E-state index is -0.199. The van der Waals surface area contributed by atoms with E-state index in [-0.39, 0.29) is 18.1 Å². The second-order valence-corrected chi connectivity index (χ2v) is 8.14. The lowest BCUT2D eigenvalue weighted by Crippen LogP contribution is -2.44. The summed E-state index contributed by atoms with van der Waals surface area (Å²) in [5, 5.41) is 6.53. The Morgan fingerprint density at radius 1 is 1.22 bits per heavy atom. The Kier molecular flexibility index (Phi) is 5.33. The highest BCUT2D eigenvalue weighted by molar-refractivity contribution is 5.81. The van der Waals surface area contributed by atoms with Crippen molar-refractivity contribution < 1.29 is 0 Å². The molecule has 162 valence electrons. The Morgan fingerprint density at radius 3 is 2.88 bits per heavy atom. The molecule has 1 unspecified atom stereocenters. The van der Waals surface area contributed by atoms with Crippen LogP contribution >= 0.6 is 0 Å². The molecule has 0 amide bonds. The van der Waals surface area contributed by atoms with Crippen molar-refractivity contribution in [1.82, 2.24) is 24.3 Å². The van der Waals surface area contributed by atoms with Gasteiger partial charge >= 0.3 is 0 Å². The number of anilines is 1. The summed E-state index contributed by atoms with van der Waals surface area (Å²) in [5.41, 5.74) is 7.86. The molecular formula is C24H25N7O. The van der Waals surface area contributed by atoms with Crippen molar-refractivity contribution in [1.29, 1.82) is 0 Å². The standard InChI is InChI=1S/C24H25N7O/c1-2-3-11-30-22-21(28-24(30)29-10-6-9-19(25)15-29)14-27-31(23(22)32)16-20-12-17-7-4-5-8-18(17)13-26-20/h4-5,7-8,12-14,19H,6,9-11,15-16,25H2,1H3. The van der Waals surface area contributed by atoms with Crippen molar-refractivity contribution in [3.8, 4) is 11.8 Å². The number of hydrogen-bond acceptors (Lipinski definition) is 6. The van der Waals surface area contributed by atoms with Gasteiger partial charge < -0.3 is 10.6 Å². The van der Waals surface area contributed by atoms with Crippen molar-refractivity contribution in [3.05, 3.63) is 58.8 Å². The number of nitrogens with zero attached hydrogens (tertiary/aromatic N) is 6. The van der Waals surface area contributed by atoms with Gasteiger partial charge in [0.15, 0.2) is 0 Å². The van der Waals surface area contributed by atoms with Crippen molar-refractivity contribution >= 4 is 27.8 Å². The van der Waals surface area contributed by atoms with Gasteiger partial charge in [0.1, 0.15) is 11.0 Å². The maximum absolute atomic E-state index is 13.5. The summed E-state index contributed by atoms with van der Waals surface area (Å²) in [6, 6.07) is 10.1. The van der Waals surface area contributed by atoms with E-state index in [2.05, 4.69) is 26.8 Å². The average Bonchev–Trinajstić information content (AvgIpc) is 3.19. The zero-order valence-corrected chi connectivity index (χ0v) is 18.0. The van der Waals surface area contributed by atoms with E-state index in [4.69, 9.17) is 10.7 Å². The first kappa shape index (κ1) is 20.2. The Labute approximate surface area is 185 Å². The first-order valence-corrected chi connectivity index (χ1v) is 10.8. The summed E-state index contributed by atoms with van der Waals surface area (Å²) in [6.45, 7) is 4.04. The van der Waals surface area contributed by atoms with Crippen LogP contribution in [-0.4, -0.2) is 43.4 Å². The van der Waals surface area contributed by atoms with Crippen LogP contribution in [0.2, 0.25) is 0 Å². The van der Waals surface area contributed by atoms with Crippen LogP contribution in [0, 0.1) is 11.8 Å². The predicted molar refractivity (Wildman–Crippen MR) is 126 cm³/mol. The first-order valence-electron chi connectivity index (χ1n) is 10.8. The summed E-state index contributed by atoms with van der Waals surface area (Å²) < 4.78 is 3.35. The van der Waals surface area contributed by atoms with Gasteiger partial charge in [0.25, 0.3) is 5.56 Å². The summed E-state index contributed by atoms with van der Waals surface area (Å²) in [7, 11) is 0. The van der Waals surface area contributed by atoms with Crippen LogP contribution in [0.4, 0.5) is 5.95 Å². The Bertz CT molecular complexity index is 1410. The van der Waals surface area contributed by atoms with Crippen LogP contribution in [0.1, 0.15) is 25.5 Å². The predicted octanol–water partition coefficient (Wildman–Crippen LogP) is 2.14. The van der Waals surface area contributed by atoms with E-state index < -0.39 is 0 Å². The van der Waals surface area contributed by atoms with Crippen LogP contribution in [0.15, 0.2) is 47.5 Å². The van der Waals surface area contributed by atoms with Crippen LogP contribution < -0.4 is 16.2 Å². The van der Waals surface area contributed by atoms with Gasteiger partial charge in [-0.2, -0.15) is 5.10 Å². The molecule has 4 aromatic rings. The quantitative estimate of drug-likeness (QED) is 0.502. The van der Waals surface area contributed by atoms with E-state index >= 15 is 0 Å². The van der Waals surface area contributed by atoms with Crippen LogP contribution in [0.25, 0.3) is 21.8 Å². The molecule has 8 nitrogen and oxygen atoms in total. The van der Waals surface area contributed by atoms with E-state index in [0.717, 1.165) is 41.8 Å². The van der Waals surface area contributed by atoms with Crippen LogP contribution in [0.5, 0.6) is 0 Å². The summed E-state index contributed by atoms with van der Waals surface area (Å²) in [5.74, 6) is 6.74. The topological polar surface area (TPSA) is 94.9 Å². The summed E-state index contributed by atoms with van der Waals surface area (Å²) in [6.07, 6.45) is 5.48. The molecule has 1 aromatic carbocycles. The van der Waals surface area contributed by atoms with Gasteiger partial charge in [-0.3, -0.25) is 14.3 Å². The zero-order valence-electron chi connectivity index (χ0n) is 18.0. The molecule has 0 saturated carbocycles. The van der Waals surface area contributed by atoms with Crippen molar-refractivity contribution in [3.63, 3.8) is 0 Å². The maximum atomic E-state index is 13.5. The number of hydrogen-bond donors (Lipinski definition) is 1. The van der Waals surface area contributed by atoms with Gasteiger partial charge in [-0.15, -0.1) is 5.92 Å². The lowest BCUT2D eigenvalue weighted by molar-refractivity contribution is 0.496. The fourth-order valence-corrected chi connectivity index (χ4v) is 4.30. The van der Waals surface area contributed by atoms with Crippen molar-refractivity contribution in [2.75, 3.05) is 18.0 Å². The maximum Gasteiger partial charge on any atom is 0.293 e. The van der Waals surface area contributed by atoms with E-state index in [9.17, 15) is 4.79 Å². The highest BCUT2D eigenvalue weighted by atomic mass is 16.1. The molecule has 8 heteroatoms. The van der Waals surface area contributed by atoms with Gasteiger partial charge in [0.05, 0.1) is 25.0 Å². The van der Waals surface area contributed by atoms with Crippen LogP contribution in [0.3, 0.4) is 0 Å². The highest BCUT2D eigenvalue weighted by Crippen LogP contribution is 2.23. The van der Waals surface area contributed by atoms with Gasteiger partial charge in [-0.05, 0) is 31.2 Å². The Morgan fingerprint density at radius 2 is 2.06 bits per heavy atom. The third-order valence-corrected chi connectivity index (χ3v) is 5.88. The highest BCUT2D eigenvalue weighted by Gasteiger charge is 2.24. The molecule has 1 atom stereocenters. The third-order valence-electron chi connectivity index (χ3n) is 5.88. The fraction of sp³-hybridized carbons (Fsp3) is 0.333. The van der Waals surface area contributed by atoms with Gasteiger partial charge in [0.2, 0.25) is 5.95 Å². The molecule has 1 saturated heterocycles.